The second-order valence-corrected chi connectivity index (χ2v) is 14.6. The van der Waals surface area contributed by atoms with E-state index < -0.39 is 6.17 Å². The normalized spacial score (nSPS) is 13.6. The lowest BCUT2D eigenvalue weighted by Gasteiger charge is -2.23. The first-order chi connectivity index (χ1) is 26.2. The quantitative estimate of drug-likeness (QED) is 0.186. The van der Waals surface area contributed by atoms with Crippen molar-refractivity contribution in [2.75, 3.05) is 0 Å². The van der Waals surface area contributed by atoms with Crippen molar-refractivity contribution in [1.29, 1.82) is 0 Å². The van der Waals surface area contributed by atoms with Crippen LogP contribution >= 0.6 is 11.3 Å². The zero-order valence-corrected chi connectivity index (χ0v) is 29.3. The molecule has 1 N–H and O–H groups in total. The third kappa shape index (κ3) is 4.93. The van der Waals surface area contributed by atoms with Crippen LogP contribution < -0.4 is 5.32 Å². The second-order valence-electron chi connectivity index (χ2n) is 13.6. The monoisotopic (exact) mass is 694 g/mol. The van der Waals surface area contributed by atoms with Gasteiger partial charge in [-0.2, -0.15) is 0 Å². The molecule has 0 aliphatic carbocycles. The maximum Gasteiger partial charge on any atom is 0.171 e. The molecular formula is C48H30N4S. The average molecular weight is 695 g/mol. The zero-order chi connectivity index (χ0) is 34.9. The molecule has 2 aromatic heterocycles. The number of pyridine rings is 1. The van der Waals surface area contributed by atoms with Gasteiger partial charge in [0.1, 0.15) is 11.7 Å². The van der Waals surface area contributed by atoms with Gasteiger partial charge in [0.25, 0.3) is 0 Å². The van der Waals surface area contributed by atoms with Crippen LogP contribution in [0.2, 0.25) is 0 Å². The summed E-state index contributed by atoms with van der Waals surface area (Å²) < 4.78 is 2.46. The van der Waals surface area contributed by atoms with Crippen molar-refractivity contribution in [3.05, 3.63) is 187 Å². The summed E-state index contributed by atoms with van der Waals surface area (Å²) in [6, 6.07) is 60.2. The molecule has 3 heterocycles. The molecule has 0 spiro atoms. The van der Waals surface area contributed by atoms with Gasteiger partial charge in [-0.3, -0.25) is 0 Å². The van der Waals surface area contributed by atoms with Crippen molar-refractivity contribution in [2.45, 2.75) is 6.17 Å². The van der Waals surface area contributed by atoms with Crippen LogP contribution in [0.1, 0.15) is 22.9 Å². The molecule has 53 heavy (non-hydrogen) atoms. The van der Waals surface area contributed by atoms with E-state index in [4.69, 9.17) is 15.0 Å². The number of thiophene rings is 1. The molecule has 0 atom stereocenters. The van der Waals surface area contributed by atoms with Crippen LogP contribution in [-0.4, -0.2) is 16.7 Å². The van der Waals surface area contributed by atoms with Crippen LogP contribution in [0, 0.1) is 0 Å². The highest BCUT2D eigenvalue weighted by Crippen LogP contribution is 2.45. The molecule has 0 unspecified atom stereocenters. The van der Waals surface area contributed by atoms with E-state index in [2.05, 4.69) is 175 Å². The standard InChI is InChI=1S/C48H30N4S/c1-2-13-31(14-3-1)43-39-26-25-37-36-18-10-19-40(44(36)53-45(37)42(39)38-17-8-9-20-41(38)49-43)48-51-46(34-23-21-29-11-4-6-15-32(29)27-34)50-47(52-48)35-24-22-30-12-5-7-16-33(30)28-35/h1-28,48H,(H,50,51,52). The van der Waals surface area contributed by atoms with Crippen molar-refractivity contribution in [1.82, 2.24) is 10.3 Å². The van der Waals surface area contributed by atoms with E-state index in [0.717, 1.165) is 55.9 Å². The Morgan fingerprint density at radius 2 is 1.02 bits per heavy atom. The number of benzene rings is 8. The van der Waals surface area contributed by atoms with Crippen LogP contribution in [0.4, 0.5) is 0 Å². The number of hydrogen-bond donors (Lipinski definition) is 1. The molecular weight excluding hydrogens is 665 g/mol. The summed E-state index contributed by atoms with van der Waals surface area (Å²) in [6.45, 7) is 0. The lowest BCUT2D eigenvalue weighted by atomic mass is 9.97. The highest BCUT2D eigenvalue weighted by molar-refractivity contribution is 7.27. The summed E-state index contributed by atoms with van der Waals surface area (Å²) in [7, 11) is 0. The third-order valence-electron chi connectivity index (χ3n) is 10.5. The van der Waals surface area contributed by atoms with Gasteiger partial charge < -0.3 is 5.32 Å². The van der Waals surface area contributed by atoms with E-state index >= 15 is 0 Å². The van der Waals surface area contributed by atoms with Gasteiger partial charge in [-0.1, -0.05) is 152 Å². The summed E-state index contributed by atoms with van der Waals surface area (Å²) in [4.78, 5) is 15.9. The number of rotatable bonds is 4. The first-order valence-corrected chi connectivity index (χ1v) is 18.7. The molecule has 11 rings (SSSR count). The molecule has 1 aliphatic rings. The van der Waals surface area contributed by atoms with Crippen molar-refractivity contribution >= 4 is 86.4 Å². The summed E-state index contributed by atoms with van der Waals surface area (Å²) in [5.74, 6) is 1.62. The van der Waals surface area contributed by atoms with Crippen molar-refractivity contribution in [3.63, 3.8) is 0 Å². The predicted molar refractivity (Wildman–Crippen MR) is 224 cm³/mol. The molecule has 8 aromatic carbocycles. The van der Waals surface area contributed by atoms with E-state index in [1.54, 1.807) is 0 Å². The van der Waals surface area contributed by atoms with Crippen molar-refractivity contribution in [3.8, 4) is 11.3 Å². The number of amidine groups is 2. The Bertz CT molecular complexity index is 3060. The summed E-state index contributed by atoms with van der Waals surface area (Å²) in [5.41, 5.74) is 6.28. The molecule has 5 heteroatoms. The first-order valence-electron chi connectivity index (χ1n) is 17.9. The van der Waals surface area contributed by atoms with Crippen LogP contribution in [-0.2, 0) is 0 Å². The molecule has 248 valence electrons. The average Bonchev–Trinajstić information content (AvgIpc) is 3.62. The summed E-state index contributed by atoms with van der Waals surface area (Å²) in [6.07, 6.45) is -0.444. The molecule has 1 aliphatic heterocycles. The Kier molecular flexibility index (Phi) is 6.76. The summed E-state index contributed by atoms with van der Waals surface area (Å²) >= 11 is 1.84. The predicted octanol–water partition coefficient (Wildman–Crippen LogP) is 12.2. The van der Waals surface area contributed by atoms with Crippen LogP contribution in [0.5, 0.6) is 0 Å². The number of nitrogens with zero attached hydrogens (tertiary/aromatic N) is 3. The maximum absolute atomic E-state index is 5.37. The molecule has 0 bridgehead atoms. The fourth-order valence-electron chi connectivity index (χ4n) is 7.89. The summed E-state index contributed by atoms with van der Waals surface area (Å²) in [5, 5.41) is 14.4. The van der Waals surface area contributed by atoms with E-state index in [1.807, 2.05) is 11.3 Å². The van der Waals surface area contributed by atoms with Gasteiger partial charge >= 0.3 is 0 Å². The largest absolute Gasteiger partial charge is 0.324 e. The molecule has 0 fully saturated rings. The Balaban J connectivity index is 1.15. The first kappa shape index (κ1) is 30.0. The number of para-hydroxylation sites is 1. The Morgan fingerprint density at radius 3 is 1.74 bits per heavy atom. The maximum atomic E-state index is 5.37. The fraction of sp³-hybridized carbons (Fsp3) is 0.0208. The molecule has 10 aromatic rings. The van der Waals surface area contributed by atoms with Crippen LogP contribution in [0.15, 0.2) is 180 Å². The zero-order valence-electron chi connectivity index (χ0n) is 28.5. The lowest BCUT2D eigenvalue weighted by molar-refractivity contribution is 0.763. The number of nitrogens with one attached hydrogen (secondary N) is 1. The van der Waals surface area contributed by atoms with E-state index in [-0.39, 0.29) is 0 Å². The number of aliphatic imine (C=N–C) groups is 2. The van der Waals surface area contributed by atoms with Gasteiger partial charge in [-0.15, -0.1) is 11.3 Å². The van der Waals surface area contributed by atoms with Crippen molar-refractivity contribution < 1.29 is 0 Å². The molecule has 0 saturated heterocycles. The molecule has 4 nitrogen and oxygen atoms in total. The smallest absolute Gasteiger partial charge is 0.171 e. The Labute approximate surface area is 309 Å². The molecule has 0 radical (unpaired) electrons. The van der Waals surface area contributed by atoms with Crippen LogP contribution in [0.25, 0.3) is 74.6 Å². The highest BCUT2D eigenvalue weighted by Gasteiger charge is 2.25. The third-order valence-corrected chi connectivity index (χ3v) is 11.8. The van der Waals surface area contributed by atoms with Gasteiger partial charge in [-0.05, 0) is 39.7 Å². The van der Waals surface area contributed by atoms with E-state index in [9.17, 15) is 0 Å². The minimum Gasteiger partial charge on any atom is -0.324 e. The fourth-order valence-corrected chi connectivity index (χ4v) is 9.28. The van der Waals surface area contributed by atoms with Crippen LogP contribution in [0.3, 0.4) is 0 Å². The minimum atomic E-state index is -0.444. The van der Waals surface area contributed by atoms with Crippen molar-refractivity contribution in [2.24, 2.45) is 9.98 Å². The molecule has 0 amide bonds. The Hall–Kier alpha value is -6.69. The van der Waals surface area contributed by atoms with E-state index in [1.165, 1.54) is 47.1 Å². The Morgan fingerprint density at radius 1 is 0.434 bits per heavy atom. The van der Waals surface area contributed by atoms with Gasteiger partial charge in [0.05, 0.1) is 11.2 Å². The highest BCUT2D eigenvalue weighted by atomic mass is 32.1. The van der Waals surface area contributed by atoms with Gasteiger partial charge in [0.2, 0.25) is 0 Å². The van der Waals surface area contributed by atoms with Gasteiger partial charge in [-0.25, -0.2) is 15.0 Å². The minimum absolute atomic E-state index is 0.444. The van der Waals surface area contributed by atoms with Gasteiger partial charge in [0.15, 0.2) is 6.17 Å². The topological polar surface area (TPSA) is 49.6 Å². The van der Waals surface area contributed by atoms with E-state index in [0.29, 0.717) is 0 Å². The second kappa shape index (κ2) is 11.9. The van der Waals surface area contributed by atoms with Gasteiger partial charge in [0, 0.05) is 58.6 Å². The molecule has 0 saturated carbocycles. The number of hydrogen-bond acceptors (Lipinski definition) is 5. The number of aromatic nitrogens is 1. The SMILES string of the molecule is c1ccc(-c2nc3ccccc3c3c2ccc2c4cccc(C5N=C(c6ccc7ccccc7c6)NC(c6ccc7ccccc7c6)=N5)c4sc23)cc1. The lowest BCUT2D eigenvalue weighted by Crippen LogP contribution is -2.36. The number of fused-ring (bicyclic) bond motifs is 9.